The van der Waals surface area contributed by atoms with Crippen molar-refractivity contribution in [2.45, 2.75) is 32.6 Å². The van der Waals surface area contributed by atoms with Crippen LogP contribution in [-0.2, 0) is 10.2 Å². The average molecular weight is 384 g/mol. The third-order valence-corrected chi connectivity index (χ3v) is 4.46. The number of carbonyl (C=O) groups excluding carboxylic acids is 1. The van der Waals surface area contributed by atoms with E-state index < -0.39 is 0 Å². The Morgan fingerprint density at radius 1 is 1.36 bits per heavy atom. The molecular weight excluding hydrogens is 366 g/mol. The topological polar surface area (TPSA) is 64.1 Å². The second-order valence-corrected chi connectivity index (χ2v) is 7.66. The second kappa shape index (κ2) is 7.19. The lowest BCUT2D eigenvalue weighted by Crippen LogP contribution is -2.15. The number of aromatic nitrogens is 2. The second-order valence-electron chi connectivity index (χ2n) is 5.77. The molecule has 1 aromatic carbocycles. The van der Waals surface area contributed by atoms with E-state index in [9.17, 15) is 4.79 Å². The van der Waals surface area contributed by atoms with Gasteiger partial charge in [-0.15, -0.1) is 10.2 Å². The van der Waals surface area contributed by atoms with Crippen molar-refractivity contribution in [3.05, 3.63) is 33.7 Å². The Morgan fingerprint density at radius 2 is 2.14 bits per heavy atom. The van der Waals surface area contributed by atoms with Gasteiger partial charge in [-0.3, -0.25) is 4.79 Å². The zero-order valence-electron chi connectivity index (χ0n) is 12.7. The Hall–Kier alpha value is -1.47. The highest BCUT2D eigenvalue weighted by molar-refractivity contribution is 9.10. The first-order valence-corrected chi connectivity index (χ1v) is 8.48. The number of hydrogen-bond donors (Lipinski definition) is 1. The molecule has 1 aromatic heterocycles. The number of ether oxygens (including phenoxy) is 1. The van der Waals surface area contributed by atoms with Gasteiger partial charge in [0.25, 0.3) is 0 Å². The van der Waals surface area contributed by atoms with Crippen LogP contribution in [0.4, 0.5) is 5.13 Å². The Morgan fingerprint density at radius 3 is 2.77 bits per heavy atom. The molecule has 0 aliphatic carbocycles. The van der Waals surface area contributed by atoms with E-state index in [0.29, 0.717) is 11.7 Å². The molecule has 1 amide bonds. The molecule has 0 atom stereocenters. The van der Waals surface area contributed by atoms with E-state index in [1.165, 1.54) is 11.3 Å². The molecule has 0 radical (unpaired) electrons. The number of benzene rings is 1. The van der Waals surface area contributed by atoms with Crippen molar-refractivity contribution in [2.75, 3.05) is 11.9 Å². The molecule has 2 rings (SSSR count). The van der Waals surface area contributed by atoms with Gasteiger partial charge in [0, 0.05) is 9.89 Å². The van der Waals surface area contributed by atoms with Crippen molar-refractivity contribution >= 4 is 38.3 Å². The van der Waals surface area contributed by atoms with Gasteiger partial charge in [0.2, 0.25) is 11.0 Å². The smallest absolute Gasteiger partial charge is 0.229 e. The number of rotatable bonds is 5. The first kappa shape index (κ1) is 16.9. The summed E-state index contributed by atoms with van der Waals surface area (Å²) in [5.74, 6) is 0.597. The van der Waals surface area contributed by atoms with Crippen LogP contribution in [0.15, 0.2) is 28.7 Å². The van der Waals surface area contributed by atoms with Crippen LogP contribution >= 0.6 is 27.3 Å². The van der Waals surface area contributed by atoms with Crippen LogP contribution in [0.5, 0.6) is 5.75 Å². The molecule has 0 unspecified atom stereocenters. The minimum absolute atomic E-state index is 0.0650. The van der Waals surface area contributed by atoms with Gasteiger partial charge in [0.05, 0.1) is 13.0 Å². The standard InChI is InChI=1S/C15H18BrN3O2S/c1-15(2,3)13-18-19-14(22-13)17-12(20)7-8-21-11-6-4-5-10(16)9-11/h4-6,9H,7-8H2,1-3H3,(H,17,19,20). The number of nitrogens with zero attached hydrogens (tertiary/aromatic N) is 2. The molecule has 22 heavy (non-hydrogen) atoms. The van der Waals surface area contributed by atoms with Crippen LogP contribution in [0, 0.1) is 0 Å². The quantitative estimate of drug-likeness (QED) is 0.846. The third kappa shape index (κ3) is 5.06. The summed E-state index contributed by atoms with van der Waals surface area (Å²) in [4.78, 5) is 11.9. The summed E-state index contributed by atoms with van der Waals surface area (Å²) in [6.45, 7) is 6.49. The lowest BCUT2D eigenvalue weighted by atomic mass is 9.98. The number of carbonyl (C=O) groups is 1. The summed E-state index contributed by atoms with van der Waals surface area (Å²) in [6, 6.07) is 7.51. The lowest BCUT2D eigenvalue weighted by Gasteiger charge is -2.12. The highest BCUT2D eigenvalue weighted by atomic mass is 79.9. The van der Waals surface area contributed by atoms with Crippen molar-refractivity contribution in [3.8, 4) is 5.75 Å². The Kier molecular flexibility index (Phi) is 5.52. The van der Waals surface area contributed by atoms with Gasteiger partial charge in [-0.1, -0.05) is 54.1 Å². The maximum atomic E-state index is 11.9. The molecule has 0 aliphatic rings. The fourth-order valence-electron chi connectivity index (χ4n) is 1.58. The van der Waals surface area contributed by atoms with Crippen LogP contribution in [0.2, 0.25) is 0 Å². The highest BCUT2D eigenvalue weighted by Gasteiger charge is 2.19. The van der Waals surface area contributed by atoms with E-state index in [0.717, 1.165) is 15.2 Å². The molecule has 0 spiro atoms. The van der Waals surface area contributed by atoms with E-state index in [2.05, 4.69) is 52.2 Å². The van der Waals surface area contributed by atoms with E-state index >= 15 is 0 Å². The molecule has 0 aliphatic heterocycles. The van der Waals surface area contributed by atoms with Gasteiger partial charge in [-0.05, 0) is 18.2 Å². The maximum Gasteiger partial charge on any atom is 0.229 e. The first-order valence-electron chi connectivity index (χ1n) is 6.87. The average Bonchev–Trinajstić information content (AvgIpc) is 2.87. The van der Waals surface area contributed by atoms with E-state index in [4.69, 9.17) is 4.74 Å². The van der Waals surface area contributed by atoms with Crippen molar-refractivity contribution < 1.29 is 9.53 Å². The van der Waals surface area contributed by atoms with Crippen molar-refractivity contribution in [1.29, 1.82) is 0 Å². The van der Waals surface area contributed by atoms with Crippen molar-refractivity contribution in [3.63, 3.8) is 0 Å². The lowest BCUT2D eigenvalue weighted by molar-refractivity contribution is -0.116. The van der Waals surface area contributed by atoms with Crippen LogP contribution < -0.4 is 10.1 Å². The van der Waals surface area contributed by atoms with Gasteiger partial charge < -0.3 is 10.1 Å². The van der Waals surface area contributed by atoms with Gasteiger partial charge >= 0.3 is 0 Å². The summed E-state index contributed by atoms with van der Waals surface area (Å²) in [6.07, 6.45) is 0.261. The molecule has 0 fully saturated rings. The third-order valence-electron chi connectivity index (χ3n) is 2.71. The fourth-order valence-corrected chi connectivity index (χ4v) is 2.77. The molecule has 118 valence electrons. The van der Waals surface area contributed by atoms with Gasteiger partial charge in [0.1, 0.15) is 10.8 Å². The summed E-state index contributed by atoms with van der Waals surface area (Å²) in [7, 11) is 0. The molecule has 1 heterocycles. The Bertz CT molecular complexity index is 652. The van der Waals surface area contributed by atoms with Crippen LogP contribution in [0.25, 0.3) is 0 Å². The van der Waals surface area contributed by atoms with E-state index in [1.807, 2.05) is 24.3 Å². The predicted octanol–water partition coefficient (Wildman–Crippen LogP) is 4.01. The zero-order chi connectivity index (χ0) is 16.2. The molecule has 0 saturated carbocycles. The normalized spacial score (nSPS) is 11.3. The Balaban J connectivity index is 1.80. The summed E-state index contributed by atoms with van der Waals surface area (Å²) < 4.78 is 6.47. The van der Waals surface area contributed by atoms with Crippen LogP contribution in [-0.4, -0.2) is 22.7 Å². The minimum Gasteiger partial charge on any atom is -0.493 e. The molecule has 7 heteroatoms. The van der Waals surface area contributed by atoms with Crippen LogP contribution in [0.1, 0.15) is 32.2 Å². The summed E-state index contributed by atoms with van der Waals surface area (Å²) in [5.41, 5.74) is -0.0650. The number of amides is 1. The van der Waals surface area contributed by atoms with Crippen LogP contribution in [0.3, 0.4) is 0 Å². The van der Waals surface area contributed by atoms with E-state index in [-0.39, 0.29) is 17.7 Å². The summed E-state index contributed by atoms with van der Waals surface area (Å²) >= 11 is 4.77. The van der Waals surface area contributed by atoms with Crippen molar-refractivity contribution in [1.82, 2.24) is 10.2 Å². The molecule has 2 aromatic rings. The molecule has 1 N–H and O–H groups in total. The number of hydrogen-bond acceptors (Lipinski definition) is 5. The molecule has 5 nitrogen and oxygen atoms in total. The van der Waals surface area contributed by atoms with Gasteiger partial charge in [0.15, 0.2) is 0 Å². The first-order chi connectivity index (χ1) is 10.3. The SMILES string of the molecule is CC(C)(C)c1nnc(NC(=O)CCOc2cccc(Br)c2)s1. The number of anilines is 1. The maximum absolute atomic E-state index is 11.9. The van der Waals surface area contributed by atoms with E-state index in [1.54, 1.807) is 0 Å². The fraction of sp³-hybridized carbons (Fsp3) is 0.400. The van der Waals surface area contributed by atoms with Crippen molar-refractivity contribution in [2.24, 2.45) is 0 Å². The molecule has 0 bridgehead atoms. The monoisotopic (exact) mass is 383 g/mol. The molecule has 0 saturated heterocycles. The van der Waals surface area contributed by atoms with Gasteiger partial charge in [-0.25, -0.2) is 0 Å². The van der Waals surface area contributed by atoms with Gasteiger partial charge in [-0.2, -0.15) is 0 Å². The highest BCUT2D eigenvalue weighted by Crippen LogP contribution is 2.27. The number of nitrogens with one attached hydrogen (secondary N) is 1. The minimum atomic E-state index is -0.133. The largest absolute Gasteiger partial charge is 0.493 e. The molecular formula is C15H18BrN3O2S. The summed E-state index contributed by atoms with van der Waals surface area (Å²) in [5, 5.41) is 12.3. The number of halogens is 1. The zero-order valence-corrected chi connectivity index (χ0v) is 15.1. The predicted molar refractivity (Wildman–Crippen MR) is 91.5 cm³/mol. The Labute approximate surface area is 142 Å².